The Balaban J connectivity index is 2.87. The van der Waals surface area contributed by atoms with Gasteiger partial charge in [-0.3, -0.25) is 9.59 Å². The van der Waals surface area contributed by atoms with Crippen LogP contribution in [0.5, 0.6) is 0 Å². The van der Waals surface area contributed by atoms with Crippen molar-refractivity contribution in [3.8, 4) is 0 Å². The molecule has 1 aromatic carbocycles. The van der Waals surface area contributed by atoms with E-state index in [1.165, 1.54) is 0 Å². The van der Waals surface area contributed by atoms with Gasteiger partial charge >= 0.3 is 0 Å². The van der Waals surface area contributed by atoms with Gasteiger partial charge < -0.3 is 16.0 Å². The molecule has 1 rings (SSSR count). The van der Waals surface area contributed by atoms with Crippen LogP contribution in [-0.4, -0.2) is 42.9 Å². The molecule has 0 saturated carbocycles. The highest BCUT2D eigenvalue weighted by atomic mass is 16.2. The van der Waals surface area contributed by atoms with Crippen molar-refractivity contribution < 1.29 is 9.59 Å². The first-order chi connectivity index (χ1) is 10.1. The molecule has 0 spiro atoms. The fourth-order valence-electron chi connectivity index (χ4n) is 2.12. The molecule has 116 valence electrons. The molecular formula is C16H25N3O2. The lowest BCUT2D eigenvalue weighted by atomic mass is 10.1. The van der Waals surface area contributed by atoms with Gasteiger partial charge in [-0.15, -0.1) is 0 Å². The first-order valence-corrected chi connectivity index (χ1v) is 7.51. The van der Waals surface area contributed by atoms with Crippen molar-refractivity contribution in [2.45, 2.75) is 26.7 Å². The van der Waals surface area contributed by atoms with Gasteiger partial charge in [0.15, 0.2) is 0 Å². The maximum absolute atomic E-state index is 12.5. The molecule has 5 heteroatoms. The average molecular weight is 291 g/mol. The topological polar surface area (TPSA) is 75.4 Å². The van der Waals surface area contributed by atoms with Crippen molar-refractivity contribution in [3.05, 3.63) is 35.4 Å². The number of nitrogens with zero attached hydrogens (tertiary/aromatic N) is 1. The lowest BCUT2D eigenvalue weighted by molar-refractivity contribution is 0.0755. The number of carbonyl (C=O) groups excluding carboxylic acids is 2. The van der Waals surface area contributed by atoms with Gasteiger partial charge in [0.05, 0.1) is 0 Å². The molecule has 0 bridgehead atoms. The highest BCUT2D eigenvalue weighted by Gasteiger charge is 2.15. The first-order valence-electron chi connectivity index (χ1n) is 7.51. The lowest BCUT2D eigenvalue weighted by Crippen LogP contribution is -2.33. The smallest absolute Gasteiger partial charge is 0.253 e. The number of benzene rings is 1. The molecule has 5 nitrogen and oxygen atoms in total. The summed E-state index contributed by atoms with van der Waals surface area (Å²) in [5.74, 6) is -0.222. The maximum atomic E-state index is 12.5. The molecule has 2 amide bonds. The largest absolute Gasteiger partial charge is 0.351 e. The highest BCUT2D eigenvalue weighted by molar-refractivity contribution is 5.99. The summed E-state index contributed by atoms with van der Waals surface area (Å²) >= 11 is 0. The molecular weight excluding hydrogens is 266 g/mol. The Morgan fingerprint density at radius 3 is 2.33 bits per heavy atom. The van der Waals surface area contributed by atoms with E-state index in [0.717, 1.165) is 25.9 Å². The Labute approximate surface area is 126 Å². The average Bonchev–Trinajstić information content (AvgIpc) is 2.51. The van der Waals surface area contributed by atoms with Gasteiger partial charge in [0.1, 0.15) is 0 Å². The number of nitrogens with two attached hydrogens (primary N) is 1. The van der Waals surface area contributed by atoms with E-state index < -0.39 is 0 Å². The molecule has 0 heterocycles. The van der Waals surface area contributed by atoms with E-state index in [4.69, 9.17) is 5.73 Å². The van der Waals surface area contributed by atoms with E-state index in [1.807, 2.05) is 18.7 Å². The van der Waals surface area contributed by atoms with E-state index in [1.54, 1.807) is 24.3 Å². The maximum Gasteiger partial charge on any atom is 0.253 e. The van der Waals surface area contributed by atoms with E-state index in [0.29, 0.717) is 24.2 Å². The molecule has 0 radical (unpaired) electrons. The Kier molecular flexibility index (Phi) is 7.46. The summed E-state index contributed by atoms with van der Waals surface area (Å²) in [5.41, 5.74) is 6.41. The molecule has 0 unspecified atom stereocenters. The molecule has 0 fully saturated rings. The summed E-state index contributed by atoms with van der Waals surface area (Å²) in [5, 5.41) is 2.71. The van der Waals surface area contributed by atoms with Crippen molar-refractivity contribution in [1.82, 2.24) is 10.2 Å². The van der Waals surface area contributed by atoms with Crippen LogP contribution in [-0.2, 0) is 0 Å². The predicted molar refractivity (Wildman–Crippen MR) is 84.3 cm³/mol. The second kappa shape index (κ2) is 9.13. The molecule has 0 saturated heterocycles. The van der Waals surface area contributed by atoms with Crippen molar-refractivity contribution >= 4 is 11.8 Å². The Morgan fingerprint density at radius 1 is 1.14 bits per heavy atom. The lowest BCUT2D eigenvalue weighted by Gasteiger charge is -2.21. The van der Waals surface area contributed by atoms with Gasteiger partial charge in [0, 0.05) is 37.3 Å². The summed E-state index contributed by atoms with van der Waals surface area (Å²) < 4.78 is 0. The number of carbonyl (C=O) groups is 2. The minimum Gasteiger partial charge on any atom is -0.351 e. The third-order valence-electron chi connectivity index (χ3n) is 3.08. The molecule has 0 aliphatic carbocycles. The number of nitrogens with one attached hydrogen (secondary N) is 1. The first kappa shape index (κ1) is 17.2. The summed E-state index contributed by atoms with van der Waals surface area (Å²) in [6, 6.07) is 6.83. The Morgan fingerprint density at radius 2 is 1.76 bits per heavy atom. The van der Waals surface area contributed by atoms with E-state index in [2.05, 4.69) is 5.32 Å². The van der Waals surface area contributed by atoms with Gasteiger partial charge in [-0.25, -0.2) is 0 Å². The Hall–Kier alpha value is -1.88. The molecule has 1 aromatic rings. The quantitative estimate of drug-likeness (QED) is 0.764. The van der Waals surface area contributed by atoms with Crippen LogP contribution in [0, 0.1) is 0 Å². The number of amides is 2. The molecule has 0 aliphatic rings. The van der Waals surface area contributed by atoms with E-state index in [-0.39, 0.29) is 11.8 Å². The monoisotopic (exact) mass is 291 g/mol. The zero-order chi connectivity index (χ0) is 15.7. The molecule has 0 atom stereocenters. The highest BCUT2D eigenvalue weighted by Crippen LogP contribution is 2.10. The molecule has 21 heavy (non-hydrogen) atoms. The van der Waals surface area contributed by atoms with Gasteiger partial charge in [0.2, 0.25) is 0 Å². The van der Waals surface area contributed by atoms with E-state index >= 15 is 0 Å². The summed E-state index contributed by atoms with van der Waals surface area (Å²) in [7, 11) is 0. The minimum absolute atomic E-state index is 0.0211. The fraction of sp³-hybridized carbons (Fsp3) is 0.500. The van der Waals surface area contributed by atoms with Crippen molar-refractivity contribution in [1.29, 1.82) is 0 Å². The summed E-state index contributed by atoms with van der Waals surface area (Å²) in [6.07, 6.45) is 1.84. The number of rotatable bonds is 8. The standard InChI is InChI=1S/C16H25N3O2/c1-3-10-19(11-4-2)16(21)14-7-5-6-13(12-14)15(20)18-9-8-17/h5-7,12H,3-4,8-11,17H2,1-2H3,(H,18,20). The van der Waals surface area contributed by atoms with Crippen LogP contribution in [0.2, 0.25) is 0 Å². The third-order valence-corrected chi connectivity index (χ3v) is 3.08. The number of hydrogen-bond donors (Lipinski definition) is 2. The second-order valence-corrected chi connectivity index (χ2v) is 4.92. The summed E-state index contributed by atoms with van der Waals surface area (Å²) in [6.45, 7) is 6.38. The van der Waals surface area contributed by atoms with Crippen LogP contribution in [0.25, 0.3) is 0 Å². The van der Waals surface area contributed by atoms with Crippen molar-refractivity contribution in [2.24, 2.45) is 5.73 Å². The van der Waals surface area contributed by atoms with Gasteiger partial charge in [0.25, 0.3) is 11.8 Å². The van der Waals surface area contributed by atoms with Gasteiger partial charge in [-0.1, -0.05) is 19.9 Å². The van der Waals surface area contributed by atoms with Crippen LogP contribution in [0.15, 0.2) is 24.3 Å². The molecule has 0 aliphatic heterocycles. The van der Waals surface area contributed by atoms with Crippen molar-refractivity contribution in [2.75, 3.05) is 26.2 Å². The Bertz CT molecular complexity index is 468. The normalized spacial score (nSPS) is 10.2. The fourth-order valence-corrected chi connectivity index (χ4v) is 2.12. The van der Waals surface area contributed by atoms with Crippen LogP contribution in [0.3, 0.4) is 0 Å². The SMILES string of the molecule is CCCN(CCC)C(=O)c1cccc(C(=O)NCCN)c1. The van der Waals surface area contributed by atoms with Crippen LogP contribution in [0.1, 0.15) is 47.4 Å². The summed E-state index contributed by atoms with van der Waals surface area (Å²) in [4.78, 5) is 26.2. The predicted octanol–water partition coefficient (Wildman–Crippen LogP) is 1.64. The van der Waals surface area contributed by atoms with Gasteiger partial charge in [-0.2, -0.15) is 0 Å². The van der Waals surface area contributed by atoms with Crippen molar-refractivity contribution in [3.63, 3.8) is 0 Å². The molecule has 0 aromatic heterocycles. The van der Waals surface area contributed by atoms with Gasteiger partial charge in [-0.05, 0) is 31.0 Å². The molecule has 3 N–H and O–H groups in total. The van der Waals surface area contributed by atoms with Crippen LogP contribution >= 0.6 is 0 Å². The van der Waals surface area contributed by atoms with E-state index in [9.17, 15) is 9.59 Å². The zero-order valence-electron chi connectivity index (χ0n) is 12.9. The zero-order valence-corrected chi connectivity index (χ0v) is 12.9. The van der Waals surface area contributed by atoms with Crippen LogP contribution < -0.4 is 11.1 Å². The third kappa shape index (κ3) is 5.19. The second-order valence-electron chi connectivity index (χ2n) is 4.92. The number of hydrogen-bond acceptors (Lipinski definition) is 3. The van der Waals surface area contributed by atoms with Crippen LogP contribution in [0.4, 0.5) is 0 Å². The minimum atomic E-state index is -0.201.